The normalized spacial score (nSPS) is 15.3. The molecule has 2 aromatic carbocycles. The summed E-state index contributed by atoms with van der Waals surface area (Å²) in [6.45, 7) is 7.47. The average Bonchev–Trinajstić information content (AvgIpc) is 2.71. The molecule has 1 N–H and O–H groups in total. The van der Waals surface area contributed by atoms with E-state index in [0.29, 0.717) is 24.8 Å². The maximum Gasteiger partial charge on any atom is 0.258 e. The van der Waals surface area contributed by atoms with E-state index in [1.165, 1.54) is 0 Å². The number of ether oxygens (including phenoxy) is 2. The van der Waals surface area contributed by atoms with Crippen molar-refractivity contribution in [3.05, 3.63) is 64.2 Å². The summed E-state index contributed by atoms with van der Waals surface area (Å²) in [7, 11) is 0. The van der Waals surface area contributed by atoms with Gasteiger partial charge in [0, 0.05) is 24.7 Å². The third-order valence-corrected chi connectivity index (χ3v) is 5.50. The van der Waals surface area contributed by atoms with Gasteiger partial charge in [0.15, 0.2) is 6.61 Å². The Hall–Kier alpha value is -1.79. The van der Waals surface area contributed by atoms with Crippen LogP contribution >= 0.6 is 24.0 Å². The number of nitrogens with zero attached hydrogens (tertiary/aromatic N) is 1. The average molecular weight is 439 g/mol. The summed E-state index contributed by atoms with van der Waals surface area (Å²) in [6, 6.07) is 13.6. The highest BCUT2D eigenvalue weighted by Crippen LogP contribution is 2.27. The molecule has 1 heterocycles. The Kier molecular flexibility index (Phi) is 9.24. The summed E-state index contributed by atoms with van der Waals surface area (Å²) in [5.74, 6) is 0.595. The number of hydrogen-bond donors (Lipinski definition) is 1. The van der Waals surface area contributed by atoms with Gasteiger partial charge in [-0.1, -0.05) is 41.9 Å². The number of rotatable bonds is 7. The second-order valence-corrected chi connectivity index (χ2v) is 7.38. The molecule has 7 heteroatoms. The van der Waals surface area contributed by atoms with Crippen LogP contribution in [0, 0.1) is 13.8 Å². The van der Waals surface area contributed by atoms with Gasteiger partial charge in [-0.25, -0.2) is 0 Å². The van der Waals surface area contributed by atoms with Gasteiger partial charge in [0.25, 0.3) is 5.91 Å². The summed E-state index contributed by atoms with van der Waals surface area (Å²) in [4.78, 5) is 14.7. The standard InChI is InChI=1S/C22H27ClN2O3.ClH/c1-16-6-5-9-21(17(16)2)28-15-22(26)24-14-20(25-10-12-27-13-11-25)18-7-3-4-8-19(18)23;/h3-9,20H,10-15H2,1-2H3,(H,24,26);1H. The zero-order valence-electron chi connectivity index (χ0n) is 16.8. The lowest BCUT2D eigenvalue weighted by molar-refractivity contribution is -0.123. The van der Waals surface area contributed by atoms with E-state index in [1.807, 2.05) is 56.3 Å². The molecule has 0 spiro atoms. The number of aryl methyl sites for hydroxylation is 1. The lowest BCUT2D eigenvalue weighted by Gasteiger charge is -2.35. The molecule has 1 amide bonds. The second kappa shape index (κ2) is 11.4. The molecule has 1 fully saturated rings. The minimum Gasteiger partial charge on any atom is -0.483 e. The van der Waals surface area contributed by atoms with Crippen LogP contribution in [0.3, 0.4) is 0 Å². The van der Waals surface area contributed by atoms with Crippen LogP contribution in [0.2, 0.25) is 5.02 Å². The summed E-state index contributed by atoms with van der Waals surface area (Å²) in [5, 5.41) is 3.71. The van der Waals surface area contributed by atoms with Crippen molar-refractivity contribution < 1.29 is 14.3 Å². The quantitative estimate of drug-likeness (QED) is 0.710. The fourth-order valence-electron chi connectivity index (χ4n) is 3.36. The molecular weight excluding hydrogens is 411 g/mol. The van der Waals surface area contributed by atoms with Gasteiger partial charge >= 0.3 is 0 Å². The molecule has 0 bridgehead atoms. The SMILES string of the molecule is Cc1cccc(OCC(=O)NCC(c2ccccc2Cl)N2CCOCC2)c1C.Cl. The Balaban J connectivity index is 0.00000300. The smallest absolute Gasteiger partial charge is 0.258 e. The number of halogens is 2. The Morgan fingerprint density at radius 3 is 2.62 bits per heavy atom. The van der Waals surface area contributed by atoms with E-state index >= 15 is 0 Å². The topological polar surface area (TPSA) is 50.8 Å². The van der Waals surface area contributed by atoms with Gasteiger partial charge < -0.3 is 14.8 Å². The van der Waals surface area contributed by atoms with Gasteiger partial charge in [0.05, 0.1) is 19.3 Å². The maximum absolute atomic E-state index is 12.4. The molecule has 0 aliphatic carbocycles. The predicted molar refractivity (Wildman–Crippen MR) is 118 cm³/mol. The van der Waals surface area contributed by atoms with Crippen LogP contribution in [0.5, 0.6) is 5.75 Å². The van der Waals surface area contributed by atoms with Gasteiger partial charge in [-0.05, 0) is 42.7 Å². The van der Waals surface area contributed by atoms with E-state index in [2.05, 4.69) is 10.2 Å². The monoisotopic (exact) mass is 438 g/mol. The number of nitrogens with one attached hydrogen (secondary N) is 1. The van der Waals surface area contributed by atoms with Crippen molar-refractivity contribution in [3.8, 4) is 5.75 Å². The molecule has 0 radical (unpaired) electrons. The number of carbonyl (C=O) groups is 1. The number of morpholine rings is 1. The fourth-order valence-corrected chi connectivity index (χ4v) is 3.62. The number of hydrogen-bond acceptors (Lipinski definition) is 4. The lowest BCUT2D eigenvalue weighted by Crippen LogP contribution is -2.44. The largest absolute Gasteiger partial charge is 0.483 e. The molecule has 1 saturated heterocycles. The van der Waals surface area contributed by atoms with Crippen LogP contribution in [0.4, 0.5) is 0 Å². The molecule has 0 aromatic heterocycles. The van der Waals surface area contributed by atoms with Crippen molar-refractivity contribution in [1.29, 1.82) is 0 Å². The Bertz CT molecular complexity index is 810. The fraction of sp³-hybridized carbons (Fsp3) is 0.409. The van der Waals surface area contributed by atoms with E-state index < -0.39 is 0 Å². The summed E-state index contributed by atoms with van der Waals surface area (Å²) in [6.07, 6.45) is 0. The van der Waals surface area contributed by atoms with Crippen LogP contribution in [0.15, 0.2) is 42.5 Å². The summed E-state index contributed by atoms with van der Waals surface area (Å²) < 4.78 is 11.2. The highest BCUT2D eigenvalue weighted by atomic mass is 35.5. The molecule has 1 unspecified atom stereocenters. The van der Waals surface area contributed by atoms with Gasteiger partial charge in [0.2, 0.25) is 0 Å². The third-order valence-electron chi connectivity index (χ3n) is 5.16. The predicted octanol–water partition coefficient (Wildman–Crippen LogP) is 3.95. The van der Waals surface area contributed by atoms with Crippen molar-refractivity contribution in [3.63, 3.8) is 0 Å². The van der Waals surface area contributed by atoms with Crippen LogP contribution in [0.1, 0.15) is 22.7 Å². The number of amides is 1. The van der Waals surface area contributed by atoms with E-state index in [0.717, 1.165) is 35.5 Å². The minimum absolute atomic E-state index is 0. The van der Waals surface area contributed by atoms with Gasteiger partial charge in [-0.2, -0.15) is 0 Å². The first-order chi connectivity index (χ1) is 13.6. The van der Waals surface area contributed by atoms with E-state index in [1.54, 1.807) is 0 Å². The van der Waals surface area contributed by atoms with Crippen molar-refractivity contribution >= 4 is 29.9 Å². The molecular formula is C22H28Cl2N2O3. The van der Waals surface area contributed by atoms with Crippen LogP contribution in [0.25, 0.3) is 0 Å². The second-order valence-electron chi connectivity index (χ2n) is 6.98. The van der Waals surface area contributed by atoms with Crippen molar-refractivity contribution in [2.45, 2.75) is 19.9 Å². The lowest BCUT2D eigenvalue weighted by atomic mass is 10.0. The van der Waals surface area contributed by atoms with E-state index in [9.17, 15) is 4.79 Å². The first kappa shape index (κ1) is 23.5. The van der Waals surface area contributed by atoms with E-state index in [-0.39, 0.29) is 31.0 Å². The minimum atomic E-state index is -0.147. The Labute approximate surface area is 183 Å². The molecule has 1 aliphatic rings. The van der Waals surface area contributed by atoms with Crippen molar-refractivity contribution in [2.75, 3.05) is 39.5 Å². The molecule has 1 atom stereocenters. The van der Waals surface area contributed by atoms with E-state index in [4.69, 9.17) is 21.1 Å². The zero-order chi connectivity index (χ0) is 19.9. The molecule has 158 valence electrons. The highest BCUT2D eigenvalue weighted by Gasteiger charge is 2.24. The highest BCUT2D eigenvalue weighted by molar-refractivity contribution is 6.31. The zero-order valence-corrected chi connectivity index (χ0v) is 18.4. The van der Waals surface area contributed by atoms with Crippen molar-refractivity contribution in [1.82, 2.24) is 10.2 Å². The van der Waals surface area contributed by atoms with Gasteiger partial charge in [-0.15, -0.1) is 12.4 Å². The van der Waals surface area contributed by atoms with Crippen LogP contribution < -0.4 is 10.1 Å². The first-order valence-corrected chi connectivity index (χ1v) is 9.96. The Morgan fingerprint density at radius 2 is 1.90 bits per heavy atom. The molecule has 3 rings (SSSR count). The summed E-state index contributed by atoms with van der Waals surface area (Å²) in [5.41, 5.74) is 3.21. The molecule has 1 aliphatic heterocycles. The summed E-state index contributed by atoms with van der Waals surface area (Å²) >= 11 is 6.43. The molecule has 29 heavy (non-hydrogen) atoms. The molecule has 2 aromatic rings. The van der Waals surface area contributed by atoms with Crippen molar-refractivity contribution in [2.24, 2.45) is 0 Å². The molecule has 5 nitrogen and oxygen atoms in total. The number of carbonyl (C=O) groups excluding carboxylic acids is 1. The number of benzene rings is 2. The van der Waals surface area contributed by atoms with Gasteiger partial charge in [0.1, 0.15) is 5.75 Å². The molecule has 0 saturated carbocycles. The first-order valence-electron chi connectivity index (χ1n) is 9.58. The van der Waals surface area contributed by atoms with Crippen LogP contribution in [-0.2, 0) is 9.53 Å². The third kappa shape index (κ3) is 6.34. The van der Waals surface area contributed by atoms with Crippen LogP contribution in [-0.4, -0.2) is 50.3 Å². The van der Waals surface area contributed by atoms with Gasteiger partial charge in [-0.3, -0.25) is 9.69 Å². The Morgan fingerprint density at radius 1 is 1.17 bits per heavy atom. The maximum atomic E-state index is 12.4.